The number of benzene rings is 2. The highest BCUT2D eigenvalue weighted by molar-refractivity contribution is 7.92. The molecule has 0 saturated heterocycles. The molecule has 0 aliphatic rings. The van der Waals surface area contributed by atoms with Gasteiger partial charge in [-0.05, 0) is 36.4 Å². The van der Waals surface area contributed by atoms with Gasteiger partial charge in [0.15, 0.2) is 0 Å². The average molecular weight is 362 g/mol. The fourth-order valence-corrected chi connectivity index (χ4v) is 3.61. The molecule has 0 amide bonds. The molecule has 108 valence electrons. The maximum absolute atomic E-state index is 12.3. The summed E-state index contributed by atoms with van der Waals surface area (Å²) in [5.74, 6) is 0. The SMILES string of the molecule is N#Cc1ccc(Cl)cc1NS(=O)(=O)c1ccc(Cl)cc1Cl. The van der Waals surface area contributed by atoms with Crippen molar-refractivity contribution in [2.24, 2.45) is 0 Å². The Balaban J connectivity index is 2.47. The lowest BCUT2D eigenvalue weighted by atomic mass is 10.2. The van der Waals surface area contributed by atoms with E-state index in [2.05, 4.69) is 4.72 Å². The highest BCUT2D eigenvalue weighted by atomic mass is 35.5. The minimum atomic E-state index is -3.96. The summed E-state index contributed by atoms with van der Waals surface area (Å²) < 4.78 is 26.9. The first kappa shape index (κ1) is 15.9. The molecule has 0 radical (unpaired) electrons. The van der Waals surface area contributed by atoms with Gasteiger partial charge >= 0.3 is 0 Å². The normalized spacial score (nSPS) is 11.0. The van der Waals surface area contributed by atoms with Crippen LogP contribution in [0.4, 0.5) is 5.69 Å². The van der Waals surface area contributed by atoms with Crippen molar-refractivity contribution in [3.8, 4) is 6.07 Å². The maximum atomic E-state index is 12.3. The highest BCUT2D eigenvalue weighted by Crippen LogP contribution is 2.28. The molecule has 0 aliphatic carbocycles. The summed E-state index contributed by atoms with van der Waals surface area (Å²) >= 11 is 17.4. The van der Waals surface area contributed by atoms with Gasteiger partial charge in [0.25, 0.3) is 10.0 Å². The third kappa shape index (κ3) is 3.60. The van der Waals surface area contributed by atoms with Gasteiger partial charge in [0, 0.05) is 10.0 Å². The van der Waals surface area contributed by atoms with Crippen LogP contribution in [0.15, 0.2) is 41.3 Å². The zero-order chi connectivity index (χ0) is 15.6. The molecule has 0 aliphatic heterocycles. The monoisotopic (exact) mass is 360 g/mol. The van der Waals surface area contributed by atoms with E-state index in [4.69, 9.17) is 40.1 Å². The Hall–Kier alpha value is -1.45. The van der Waals surface area contributed by atoms with Gasteiger partial charge in [0.1, 0.15) is 11.0 Å². The van der Waals surface area contributed by atoms with Crippen LogP contribution in [0.5, 0.6) is 0 Å². The third-order valence-corrected chi connectivity index (χ3v) is 4.85. The maximum Gasteiger partial charge on any atom is 0.263 e. The largest absolute Gasteiger partial charge is 0.278 e. The van der Waals surface area contributed by atoms with Gasteiger partial charge in [-0.1, -0.05) is 34.8 Å². The molecule has 1 N–H and O–H groups in total. The summed E-state index contributed by atoms with van der Waals surface area (Å²) in [6.07, 6.45) is 0. The van der Waals surface area contributed by atoms with Crippen molar-refractivity contribution >= 4 is 50.5 Å². The number of halogens is 3. The lowest BCUT2D eigenvalue weighted by molar-refractivity contribution is 0.601. The Morgan fingerprint density at radius 2 is 1.62 bits per heavy atom. The Morgan fingerprint density at radius 3 is 2.24 bits per heavy atom. The summed E-state index contributed by atoms with van der Waals surface area (Å²) in [4.78, 5) is -0.141. The molecular formula is C13H7Cl3N2O2S. The van der Waals surface area contributed by atoms with Crippen LogP contribution < -0.4 is 4.72 Å². The second kappa shape index (κ2) is 6.12. The Morgan fingerprint density at radius 1 is 1.00 bits per heavy atom. The third-order valence-electron chi connectivity index (χ3n) is 2.53. The van der Waals surface area contributed by atoms with Crippen molar-refractivity contribution in [1.29, 1.82) is 5.26 Å². The van der Waals surface area contributed by atoms with Crippen molar-refractivity contribution in [1.82, 2.24) is 0 Å². The second-order valence-corrected chi connectivity index (χ2v) is 6.91. The number of sulfonamides is 1. The van der Waals surface area contributed by atoms with Crippen LogP contribution in [-0.4, -0.2) is 8.42 Å². The number of nitrogens with zero attached hydrogens (tertiary/aromatic N) is 1. The van der Waals surface area contributed by atoms with Crippen LogP contribution in [0.1, 0.15) is 5.56 Å². The smallest absolute Gasteiger partial charge is 0.263 e. The van der Waals surface area contributed by atoms with E-state index in [1.165, 1.54) is 36.4 Å². The summed E-state index contributed by atoms with van der Waals surface area (Å²) in [5, 5.41) is 9.60. The molecule has 2 aromatic rings. The molecule has 2 rings (SSSR count). The van der Waals surface area contributed by atoms with E-state index in [-0.39, 0.29) is 21.2 Å². The first-order valence-corrected chi connectivity index (χ1v) is 8.13. The van der Waals surface area contributed by atoms with Crippen molar-refractivity contribution < 1.29 is 8.42 Å². The molecule has 0 spiro atoms. The number of hydrogen-bond donors (Lipinski definition) is 1. The van der Waals surface area contributed by atoms with Crippen molar-refractivity contribution in [3.63, 3.8) is 0 Å². The first-order chi connectivity index (χ1) is 9.83. The first-order valence-electron chi connectivity index (χ1n) is 5.51. The lowest BCUT2D eigenvalue weighted by Gasteiger charge is -2.11. The average Bonchev–Trinajstić information content (AvgIpc) is 2.37. The number of nitrogens with one attached hydrogen (secondary N) is 1. The van der Waals surface area contributed by atoms with Crippen LogP contribution in [0.2, 0.25) is 15.1 Å². The van der Waals surface area contributed by atoms with Crippen molar-refractivity contribution in [3.05, 3.63) is 57.0 Å². The fraction of sp³-hybridized carbons (Fsp3) is 0. The zero-order valence-electron chi connectivity index (χ0n) is 10.3. The van der Waals surface area contributed by atoms with Crippen LogP contribution >= 0.6 is 34.8 Å². The summed E-state index contributed by atoms with van der Waals surface area (Å²) in [6, 6.07) is 10.2. The summed E-state index contributed by atoms with van der Waals surface area (Å²) in [6.45, 7) is 0. The zero-order valence-corrected chi connectivity index (χ0v) is 13.4. The highest BCUT2D eigenvalue weighted by Gasteiger charge is 2.19. The number of nitriles is 1. The molecule has 8 heteroatoms. The van der Waals surface area contributed by atoms with E-state index < -0.39 is 10.0 Å². The standard InChI is InChI=1S/C13H7Cl3N2O2S/c14-9-3-4-13(11(16)5-9)21(19,20)18-12-6-10(15)2-1-8(12)7-17/h1-6,18H. The minimum absolute atomic E-state index is 0.0180. The lowest BCUT2D eigenvalue weighted by Crippen LogP contribution is -2.14. The number of hydrogen-bond acceptors (Lipinski definition) is 3. The van der Waals surface area contributed by atoms with Gasteiger partial charge in [-0.25, -0.2) is 8.42 Å². The van der Waals surface area contributed by atoms with Crippen LogP contribution in [0.25, 0.3) is 0 Å². The van der Waals surface area contributed by atoms with Gasteiger partial charge < -0.3 is 0 Å². The molecule has 4 nitrogen and oxygen atoms in total. The predicted molar refractivity (Wildman–Crippen MR) is 83.4 cm³/mol. The van der Waals surface area contributed by atoms with Crippen LogP contribution in [0, 0.1) is 11.3 Å². The summed E-state index contributed by atoms with van der Waals surface area (Å²) in [5.41, 5.74) is 0.226. The van der Waals surface area contributed by atoms with Gasteiger partial charge in [0.2, 0.25) is 0 Å². The van der Waals surface area contributed by atoms with Gasteiger partial charge in [-0.2, -0.15) is 5.26 Å². The van der Waals surface area contributed by atoms with Crippen LogP contribution in [0.3, 0.4) is 0 Å². The number of anilines is 1. The van der Waals surface area contributed by atoms with E-state index in [1.807, 2.05) is 6.07 Å². The summed E-state index contributed by atoms with van der Waals surface area (Å²) in [7, 11) is -3.96. The predicted octanol–water partition coefficient (Wildman–Crippen LogP) is 4.32. The molecule has 0 heterocycles. The second-order valence-electron chi connectivity index (χ2n) is 3.98. The van der Waals surface area contributed by atoms with Gasteiger partial charge in [0.05, 0.1) is 16.3 Å². The van der Waals surface area contributed by atoms with E-state index >= 15 is 0 Å². The van der Waals surface area contributed by atoms with E-state index in [0.29, 0.717) is 10.0 Å². The Kier molecular flexibility index (Phi) is 4.64. The quantitative estimate of drug-likeness (QED) is 0.885. The molecule has 0 bridgehead atoms. The topological polar surface area (TPSA) is 70.0 Å². The van der Waals surface area contributed by atoms with Crippen LogP contribution in [-0.2, 0) is 10.0 Å². The minimum Gasteiger partial charge on any atom is -0.278 e. The van der Waals surface area contributed by atoms with E-state index in [9.17, 15) is 8.42 Å². The molecule has 0 atom stereocenters. The molecule has 0 unspecified atom stereocenters. The van der Waals surface area contributed by atoms with Gasteiger partial charge in [-0.3, -0.25) is 4.72 Å². The molecule has 21 heavy (non-hydrogen) atoms. The molecule has 0 saturated carbocycles. The van der Waals surface area contributed by atoms with Gasteiger partial charge in [-0.15, -0.1) is 0 Å². The Bertz CT molecular complexity index is 845. The molecule has 2 aromatic carbocycles. The van der Waals surface area contributed by atoms with Crippen molar-refractivity contribution in [2.75, 3.05) is 4.72 Å². The molecule has 0 fully saturated rings. The van der Waals surface area contributed by atoms with Crippen molar-refractivity contribution in [2.45, 2.75) is 4.90 Å². The number of rotatable bonds is 3. The van der Waals surface area contributed by atoms with E-state index in [1.54, 1.807) is 0 Å². The molecular weight excluding hydrogens is 355 g/mol. The van der Waals surface area contributed by atoms with E-state index in [0.717, 1.165) is 0 Å². The molecule has 0 aromatic heterocycles. The Labute approximate surface area is 136 Å². The fourth-order valence-electron chi connectivity index (χ4n) is 1.59.